The van der Waals surface area contributed by atoms with Gasteiger partial charge >= 0.3 is 0 Å². The first-order valence-electron chi connectivity index (χ1n) is 25.0. The van der Waals surface area contributed by atoms with Crippen LogP contribution in [0.2, 0.25) is 0 Å². The number of rotatable bonds is 37. The molecule has 0 spiro atoms. The summed E-state index contributed by atoms with van der Waals surface area (Å²) in [6.45, 7) is 2.68. The van der Waals surface area contributed by atoms with Crippen LogP contribution in [-0.2, 0) is 23.7 Å². The SMILES string of the molecule is CCCC/C=C\C/C=C\CCCCCCCC(=O)NC(COC1OC(CO)C(OC2OC(CO)C(O)C(O)C2O)C(O)C1O)C(O)/C=C/CC/C=C/CC/C=C/CCCCCCCCC. The number of allylic oxidation sites excluding steroid dienone is 9. The number of nitrogens with one attached hydrogen (secondary N) is 1. The molecular formula is C51H89NO13. The summed E-state index contributed by atoms with van der Waals surface area (Å²) in [7, 11) is 0. The number of amides is 1. The molecule has 0 aromatic heterocycles. The van der Waals surface area contributed by atoms with Crippen molar-refractivity contribution in [1.82, 2.24) is 5.32 Å². The fourth-order valence-electron chi connectivity index (χ4n) is 7.75. The lowest BCUT2D eigenvalue weighted by Gasteiger charge is -2.46. The predicted octanol–water partition coefficient (Wildman–Crippen LogP) is 6.27. The van der Waals surface area contributed by atoms with Crippen LogP contribution in [0.4, 0.5) is 0 Å². The molecular weight excluding hydrogens is 835 g/mol. The quantitative estimate of drug-likeness (QED) is 0.0248. The Hall–Kier alpha value is -2.31. The van der Waals surface area contributed by atoms with Crippen molar-refractivity contribution in [2.24, 2.45) is 0 Å². The molecule has 65 heavy (non-hydrogen) atoms. The Morgan fingerprint density at radius 3 is 1.65 bits per heavy atom. The van der Waals surface area contributed by atoms with E-state index in [1.54, 1.807) is 6.08 Å². The molecule has 14 nitrogen and oxygen atoms in total. The van der Waals surface area contributed by atoms with Crippen LogP contribution < -0.4 is 5.32 Å². The lowest BCUT2D eigenvalue weighted by Crippen LogP contribution is -2.65. The van der Waals surface area contributed by atoms with Gasteiger partial charge in [-0.25, -0.2) is 0 Å². The van der Waals surface area contributed by atoms with Gasteiger partial charge in [-0.2, -0.15) is 0 Å². The first-order chi connectivity index (χ1) is 31.6. The summed E-state index contributed by atoms with van der Waals surface area (Å²) in [6.07, 6.45) is 28.3. The predicted molar refractivity (Wildman–Crippen MR) is 254 cm³/mol. The van der Waals surface area contributed by atoms with Gasteiger partial charge in [-0.05, 0) is 70.6 Å². The summed E-state index contributed by atoms with van der Waals surface area (Å²) in [6, 6.07) is -0.945. The van der Waals surface area contributed by atoms with Crippen LogP contribution in [0, 0.1) is 0 Å². The number of unbranched alkanes of at least 4 members (excludes halogenated alkanes) is 16. The Morgan fingerprint density at radius 1 is 0.554 bits per heavy atom. The molecule has 2 saturated heterocycles. The summed E-state index contributed by atoms with van der Waals surface area (Å²) >= 11 is 0. The Kier molecular flexibility index (Phi) is 34.1. The number of hydrogen-bond acceptors (Lipinski definition) is 13. The van der Waals surface area contributed by atoms with Crippen LogP contribution >= 0.6 is 0 Å². The topological polar surface area (TPSA) is 228 Å². The summed E-state index contributed by atoms with van der Waals surface area (Å²) in [4.78, 5) is 13.1. The van der Waals surface area contributed by atoms with Crippen molar-refractivity contribution < 1.29 is 64.6 Å². The third kappa shape index (κ3) is 25.0. The van der Waals surface area contributed by atoms with E-state index in [2.05, 4.69) is 67.8 Å². The molecule has 12 unspecified atom stereocenters. The minimum absolute atomic E-state index is 0.251. The fourth-order valence-corrected chi connectivity index (χ4v) is 7.75. The molecule has 0 saturated carbocycles. The van der Waals surface area contributed by atoms with Crippen molar-refractivity contribution in [1.29, 1.82) is 0 Å². The lowest BCUT2D eigenvalue weighted by molar-refractivity contribution is -0.359. The van der Waals surface area contributed by atoms with Gasteiger partial charge in [0.25, 0.3) is 0 Å². The molecule has 2 aliphatic rings. The average molecular weight is 924 g/mol. The zero-order chi connectivity index (χ0) is 47.5. The van der Waals surface area contributed by atoms with Crippen LogP contribution in [0.25, 0.3) is 0 Å². The molecule has 12 atom stereocenters. The molecule has 376 valence electrons. The van der Waals surface area contributed by atoms with Crippen molar-refractivity contribution >= 4 is 5.91 Å². The van der Waals surface area contributed by atoms with Gasteiger partial charge in [0, 0.05) is 6.42 Å². The highest BCUT2D eigenvalue weighted by Gasteiger charge is 2.51. The highest BCUT2D eigenvalue weighted by Crippen LogP contribution is 2.30. The minimum atomic E-state index is -1.79. The molecule has 2 rings (SSSR count). The highest BCUT2D eigenvalue weighted by atomic mass is 16.7. The molecule has 9 N–H and O–H groups in total. The van der Waals surface area contributed by atoms with E-state index < -0.39 is 86.8 Å². The van der Waals surface area contributed by atoms with Crippen LogP contribution in [0.3, 0.4) is 0 Å². The van der Waals surface area contributed by atoms with Gasteiger partial charge in [-0.1, -0.05) is 145 Å². The minimum Gasteiger partial charge on any atom is -0.394 e. The van der Waals surface area contributed by atoms with Gasteiger partial charge in [-0.3, -0.25) is 4.79 Å². The normalized spacial score (nSPS) is 27.5. The van der Waals surface area contributed by atoms with Crippen molar-refractivity contribution in [3.05, 3.63) is 60.8 Å². The molecule has 0 aromatic rings. The Labute approximate surface area is 390 Å². The van der Waals surface area contributed by atoms with Crippen molar-refractivity contribution in [2.45, 2.75) is 235 Å². The maximum Gasteiger partial charge on any atom is 0.220 e. The molecule has 0 aliphatic carbocycles. The Balaban J connectivity index is 1.90. The third-order valence-corrected chi connectivity index (χ3v) is 11.9. The fraction of sp³-hybridized carbons (Fsp3) is 0.784. The average Bonchev–Trinajstić information content (AvgIpc) is 3.30. The van der Waals surface area contributed by atoms with E-state index in [-0.39, 0.29) is 18.9 Å². The second kappa shape index (κ2) is 37.6. The van der Waals surface area contributed by atoms with E-state index in [4.69, 9.17) is 18.9 Å². The van der Waals surface area contributed by atoms with Gasteiger partial charge in [0.15, 0.2) is 12.6 Å². The summed E-state index contributed by atoms with van der Waals surface area (Å²) in [5, 5.41) is 86.6. The molecule has 0 aromatic carbocycles. The summed E-state index contributed by atoms with van der Waals surface area (Å²) in [5.74, 6) is -0.272. The van der Waals surface area contributed by atoms with Gasteiger partial charge in [0.2, 0.25) is 5.91 Å². The van der Waals surface area contributed by atoms with Crippen molar-refractivity contribution in [3.8, 4) is 0 Å². The highest BCUT2D eigenvalue weighted by molar-refractivity contribution is 5.76. The third-order valence-electron chi connectivity index (χ3n) is 11.9. The molecule has 14 heteroatoms. The second-order valence-corrected chi connectivity index (χ2v) is 17.6. The molecule has 1 amide bonds. The van der Waals surface area contributed by atoms with E-state index in [0.717, 1.165) is 70.6 Å². The number of hydrogen-bond donors (Lipinski definition) is 9. The Bertz CT molecular complexity index is 1320. The first kappa shape index (κ1) is 58.8. The number of carbonyl (C=O) groups is 1. The monoisotopic (exact) mass is 924 g/mol. The molecule has 2 aliphatic heterocycles. The largest absolute Gasteiger partial charge is 0.394 e. The summed E-state index contributed by atoms with van der Waals surface area (Å²) < 4.78 is 22.6. The molecule has 2 heterocycles. The molecule has 0 radical (unpaired) electrons. The smallest absolute Gasteiger partial charge is 0.220 e. The number of ether oxygens (including phenoxy) is 4. The molecule has 0 bridgehead atoms. The Morgan fingerprint density at radius 2 is 1.05 bits per heavy atom. The number of aliphatic hydroxyl groups is 8. The van der Waals surface area contributed by atoms with E-state index in [9.17, 15) is 45.6 Å². The summed E-state index contributed by atoms with van der Waals surface area (Å²) in [5.41, 5.74) is 0. The first-order valence-corrected chi connectivity index (χ1v) is 25.0. The maximum atomic E-state index is 13.1. The van der Waals surface area contributed by atoms with Crippen molar-refractivity contribution in [3.63, 3.8) is 0 Å². The number of carbonyl (C=O) groups excluding carboxylic acids is 1. The van der Waals surface area contributed by atoms with Crippen LogP contribution in [-0.4, -0.2) is 140 Å². The zero-order valence-electron chi connectivity index (χ0n) is 39.7. The van der Waals surface area contributed by atoms with Gasteiger partial charge in [-0.15, -0.1) is 0 Å². The van der Waals surface area contributed by atoms with Crippen LogP contribution in [0.1, 0.15) is 162 Å². The van der Waals surface area contributed by atoms with Gasteiger partial charge in [0.05, 0.1) is 32.0 Å². The van der Waals surface area contributed by atoms with Gasteiger partial charge in [0.1, 0.15) is 48.8 Å². The number of aliphatic hydroxyl groups excluding tert-OH is 8. The van der Waals surface area contributed by atoms with E-state index in [0.29, 0.717) is 12.8 Å². The lowest BCUT2D eigenvalue weighted by atomic mass is 9.97. The van der Waals surface area contributed by atoms with Crippen molar-refractivity contribution in [2.75, 3.05) is 19.8 Å². The van der Waals surface area contributed by atoms with E-state index >= 15 is 0 Å². The zero-order valence-corrected chi connectivity index (χ0v) is 39.7. The maximum absolute atomic E-state index is 13.1. The van der Waals surface area contributed by atoms with E-state index in [1.165, 1.54) is 57.8 Å². The van der Waals surface area contributed by atoms with E-state index in [1.807, 2.05) is 6.08 Å². The second-order valence-electron chi connectivity index (χ2n) is 17.6. The van der Waals surface area contributed by atoms with Gasteiger partial charge < -0.3 is 65.1 Å². The standard InChI is InChI=1S/C51H89NO13/c1-3-5-7-9-11-13-15-17-19-20-21-22-24-26-28-30-32-34-40(55)39(52-43(56)35-33-31-29-27-25-23-18-16-14-12-10-8-6-4-2)38-62-50-48(61)46(59)49(42(37-54)64-50)65-51-47(60)45(58)44(57)41(36-53)63-51/h10,12,16,18-20,24,26,32,34,39-42,44-51,53-55,57-61H,3-9,11,13-15,17,21-23,25,27-31,33,35-38H2,1-2H3,(H,52,56)/b12-10-,18-16-,20-19+,26-24+,34-32+. The molecule has 2 fully saturated rings. The van der Waals surface area contributed by atoms with Crippen LogP contribution in [0.15, 0.2) is 60.8 Å². The van der Waals surface area contributed by atoms with Crippen LogP contribution in [0.5, 0.6) is 0 Å².